The van der Waals surface area contributed by atoms with Crippen LogP contribution >= 0.6 is 0 Å². The summed E-state index contributed by atoms with van der Waals surface area (Å²) in [7, 11) is -4.32. The van der Waals surface area contributed by atoms with Gasteiger partial charge in [-0.1, -0.05) is 18.2 Å². The number of sulfonamides is 1. The number of alkyl halides is 5. The fourth-order valence-electron chi connectivity index (χ4n) is 2.33. The van der Waals surface area contributed by atoms with E-state index in [2.05, 4.69) is 10.1 Å². The van der Waals surface area contributed by atoms with Gasteiger partial charge < -0.3 is 10.1 Å². The van der Waals surface area contributed by atoms with E-state index in [1.165, 1.54) is 24.3 Å². The van der Waals surface area contributed by atoms with E-state index in [0.717, 1.165) is 18.2 Å². The van der Waals surface area contributed by atoms with Crippen LogP contribution in [0.2, 0.25) is 0 Å². The molecule has 0 heterocycles. The van der Waals surface area contributed by atoms with Crippen molar-refractivity contribution in [2.24, 2.45) is 0 Å². The average Bonchev–Trinajstić information content (AvgIpc) is 2.67. The highest BCUT2D eigenvalue weighted by molar-refractivity contribution is 7.89. The molecule has 0 atom stereocenters. The van der Waals surface area contributed by atoms with Gasteiger partial charge in [-0.3, -0.25) is 4.79 Å². The molecule has 0 spiro atoms. The molecule has 0 saturated heterocycles. The van der Waals surface area contributed by atoms with Gasteiger partial charge in [0.25, 0.3) is 0 Å². The van der Waals surface area contributed by atoms with Gasteiger partial charge in [0.2, 0.25) is 15.9 Å². The Balaban J connectivity index is 1.83. The van der Waals surface area contributed by atoms with Crippen LogP contribution in [0.25, 0.3) is 0 Å². The summed E-state index contributed by atoms with van der Waals surface area (Å²) in [6.45, 7) is -3.48. The Labute approximate surface area is 169 Å². The van der Waals surface area contributed by atoms with E-state index in [1.807, 2.05) is 4.72 Å². The fraction of sp³-hybridized carbons (Fsp3) is 0.278. The number of ether oxygens (including phenoxy) is 1. The molecule has 0 aliphatic rings. The number of carbonyl (C=O) groups is 1. The standard InChI is InChI=1S/C18H17F5N2O4S/c19-17(20)29-14-6-4-12(5-7-14)8-9-24-16(26)11-25-30(27,28)15-3-1-2-13(10-15)18(21,22)23/h1-7,10,17,25H,8-9,11H2,(H,24,26). The van der Waals surface area contributed by atoms with Crippen LogP contribution in [0.15, 0.2) is 53.4 Å². The first-order valence-corrected chi connectivity index (χ1v) is 9.93. The molecule has 1 amide bonds. The zero-order chi connectivity index (χ0) is 22.4. The molecule has 12 heteroatoms. The Morgan fingerprint density at radius 3 is 2.33 bits per heavy atom. The van der Waals surface area contributed by atoms with Gasteiger partial charge in [0.1, 0.15) is 5.75 Å². The highest BCUT2D eigenvalue weighted by Gasteiger charge is 2.31. The van der Waals surface area contributed by atoms with Gasteiger partial charge in [0, 0.05) is 6.54 Å². The summed E-state index contributed by atoms with van der Waals surface area (Å²) < 4.78 is 92.6. The van der Waals surface area contributed by atoms with Crippen LogP contribution in [0.3, 0.4) is 0 Å². The highest BCUT2D eigenvalue weighted by atomic mass is 32.2. The molecule has 0 radical (unpaired) electrons. The van der Waals surface area contributed by atoms with Crippen LogP contribution in [0, 0.1) is 0 Å². The number of halogens is 5. The van der Waals surface area contributed by atoms with E-state index in [-0.39, 0.29) is 12.3 Å². The van der Waals surface area contributed by atoms with Crippen molar-refractivity contribution >= 4 is 15.9 Å². The van der Waals surface area contributed by atoms with Crippen molar-refractivity contribution in [2.45, 2.75) is 24.1 Å². The molecule has 30 heavy (non-hydrogen) atoms. The van der Waals surface area contributed by atoms with E-state index < -0.39 is 45.7 Å². The number of nitrogens with one attached hydrogen (secondary N) is 2. The summed E-state index contributed by atoms with van der Waals surface area (Å²) >= 11 is 0. The molecule has 0 unspecified atom stereocenters. The lowest BCUT2D eigenvalue weighted by Crippen LogP contribution is -2.37. The Hall–Kier alpha value is -2.73. The molecule has 2 N–H and O–H groups in total. The Kier molecular flexibility index (Phi) is 7.73. The van der Waals surface area contributed by atoms with E-state index in [9.17, 15) is 35.2 Å². The van der Waals surface area contributed by atoms with Crippen molar-refractivity contribution in [1.29, 1.82) is 0 Å². The Morgan fingerprint density at radius 2 is 1.73 bits per heavy atom. The van der Waals surface area contributed by atoms with Crippen LogP contribution in [0.4, 0.5) is 22.0 Å². The summed E-state index contributed by atoms with van der Waals surface area (Å²) in [5.74, 6) is -0.704. The lowest BCUT2D eigenvalue weighted by Gasteiger charge is -2.11. The minimum atomic E-state index is -4.70. The highest BCUT2D eigenvalue weighted by Crippen LogP contribution is 2.30. The summed E-state index contributed by atoms with van der Waals surface area (Å²) in [6, 6.07) is 8.88. The van der Waals surface area contributed by atoms with Crippen LogP contribution in [-0.2, 0) is 27.4 Å². The first kappa shape index (κ1) is 23.5. The van der Waals surface area contributed by atoms with Crippen LogP contribution in [0.5, 0.6) is 5.75 Å². The maximum absolute atomic E-state index is 12.7. The third-order valence-electron chi connectivity index (χ3n) is 3.78. The third-order valence-corrected chi connectivity index (χ3v) is 5.18. The van der Waals surface area contributed by atoms with Crippen LogP contribution in [-0.4, -0.2) is 34.0 Å². The van der Waals surface area contributed by atoms with E-state index in [4.69, 9.17) is 0 Å². The molecule has 6 nitrogen and oxygen atoms in total. The van der Waals surface area contributed by atoms with E-state index in [0.29, 0.717) is 18.1 Å². The topological polar surface area (TPSA) is 84.5 Å². The van der Waals surface area contributed by atoms with Gasteiger partial charge in [0.05, 0.1) is 17.0 Å². The molecule has 0 aliphatic carbocycles. The lowest BCUT2D eigenvalue weighted by molar-refractivity contribution is -0.137. The third kappa shape index (κ3) is 7.26. The van der Waals surface area contributed by atoms with Gasteiger partial charge in [-0.25, -0.2) is 13.1 Å². The molecule has 2 aromatic carbocycles. The second-order valence-corrected chi connectivity index (χ2v) is 7.74. The molecular formula is C18H17F5N2O4S. The van der Waals surface area contributed by atoms with Gasteiger partial charge in [-0.2, -0.15) is 22.0 Å². The summed E-state index contributed by atoms with van der Waals surface area (Å²) in [5.41, 5.74) is -0.416. The second-order valence-electron chi connectivity index (χ2n) is 5.97. The largest absolute Gasteiger partial charge is 0.435 e. The van der Waals surface area contributed by atoms with Crippen molar-refractivity contribution in [3.8, 4) is 5.75 Å². The summed E-state index contributed by atoms with van der Waals surface area (Å²) in [6.07, 6.45) is -4.37. The molecule has 2 rings (SSSR count). The van der Waals surface area contributed by atoms with Crippen molar-refractivity contribution in [3.63, 3.8) is 0 Å². The molecule has 164 valence electrons. The molecule has 0 saturated carbocycles. The molecule has 0 aliphatic heterocycles. The smallest absolute Gasteiger partial charge is 0.416 e. The minimum Gasteiger partial charge on any atom is -0.435 e. The normalized spacial score (nSPS) is 12.1. The SMILES string of the molecule is O=C(CNS(=O)(=O)c1cccc(C(F)(F)F)c1)NCCc1ccc(OC(F)F)cc1. The van der Waals surface area contributed by atoms with Crippen molar-refractivity contribution in [3.05, 3.63) is 59.7 Å². The quantitative estimate of drug-likeness (QED) is 0.573. The molecule has 0 fully saturated rings. The van der Waals surface area contributed by atoms with Crippen molar-refractivity contribution in [1.82, 2.24) is 10.0 Å². The average molecular weight is 452 g/mol. The minimum absolute atomic E-state index is 0.0122. The van der Waals surface area contributed by atoms with Gasteiger partial charge >= 0.3 is 12.8 Å². The predicted octanol–water partition coefficient (Wildman–Crippen LogP) is 2.94. The van der Waals surface area contributed by atoms with Crippen LogP contribution < -0.4 is 14.8 Å². The van der Waals surface area contributed by atoms with Gasteiger partial charge in [-0.15, -0.1) is 0 Å². The first-order valence-electron chi connectivity index (χ1n) is 8.45. The maximum Gasteiger partial charge on any atom is 0.416 e. The van der Waals surface area contributed by atoms with Crippen LogP contribution in [0.1, 0.15) is 11.1 Å². The molecular weight excluding hydrogens is 435 g/mol. The number of carbonyl (C=O) groups excluding carboxylic acids is 1. The molecule has 2 aromatic rings. The number of hydrogen-bond donors (Lipinski definition) is 2. The lowest BCUT2D eigenvalue weighted by atomic mass is 10.1. The zero-order valence-electron chi connectivity index (χ0n) is 15.2. The maximum atomic E-state index is 12.7. The van der Waals surface area contributed by atoms with Crippen molar-refractivity contribution in [2.75, 3.05) is 13.1 Å². The van der Waals surface area contributed by atoms with E-state index >= 15 is 0 Å². The first-order chi connectivity index (χ1) is 14.0. The van der Waals surface area contributed by atoms with Gasteiger partial charge in [0.15, 0.2) is 0 Å². The van der Waals surface area contributed by atoms with Crippen molar-refractivity contribution < 1.29 is 39.9 Å². The second kappa shape index (κ2) is 9.85. The molecule has 0 aromatic heterocycles. The number of amides is 1. The van der Waals surface area contributed by atoms with Gasteiger partial charge in [-0.05, 0) is 42.3 Å². The number of rotatable bonds is 9. The number of hydrogen-bond acceptors (Lipinski definition) is 4. The fourth-order valence-corrected chi connectivity index (χ4v) is 3.36. The molecule has 0 bridgehead atoms. The Bertz CT molecular complexity index is 963. The summed E-state index contributed by atoms with van der Waals surface area (Å²) in [5, 5.41) is 2.44. The predicted molar refractivity (Wildman–Crippen MR) is 96.4 cm³/mol. The van der Waals surface area contributed by atoms with E-state index in [1.54, 1.807) is 0 Å². The number of benzene rings is 2. The zero-order valence-corrected chi connectivity index (χ0v) is 16.1. The summed E-state index contributed by atoms with van der Waals surface area (Å²) in [4.78, 5) is 11.2. The Morgan fingerprint density at radius 1 is 1.07 bits per heavy atom. The monoisotopic (exact) mass is 452 g/mol.